The fourth-order valence-corrected chi connectivity index (χ4v) is 1.02. The summed E-state index contributed by atoms with van der Waals surface area (Å²) < 4.78 is 4.89. The van der Waals surface area contributed by atoms with Crippen molar-refractivity contribution < 1.29 is 4.52 Å². The Balaban J connectivity index is 2.44. The van der Waals surface area contributed by atoms with Crippen molar-refractivity contribution in [2.45, 2.75) is 6.54 Å². The third-order valence-electron chi connectivity index (χ3n) is 1.65. The summed E-state index contributed by atoms with van der Waals surface area (Å²) in [7, 11) is 0. The average Bonchev–Trinajstić information content (AvgIpc) is 2.66. The number of aromatic nitrogens is 3. The van der Waals surface area contributed by atoms with Gasteiger partial charge in [0.05, 0.1) is 6.54 Å². The van der Waals surface area contributed by atoms with Gasteiger partial charge in [0.15, 0.2) is 5.82 Å². The van der Waals surface area contributed by atoms with E-state index in [9.17, 15) is 4.79 Å². The Morgan fingerprint density at radius 3 is 3.00 bits per heavy atom. The summed E-state index contributed by atoms with van der Waals surface area (Å²) in [4.78, 5) is 17.5. The summed E-state index contributed by atoms with van der Waals surface area (Å²) in [6.07, 6.45) is 0. The molecule has 0 aliphatic carbocycles. The summed E-state index contributed by atoms with van der Waals surface area (Å²) in [5, 5.41) is 3.61. The Labute approximate surface area is 78.8 Å². The van der Waals surface area contributed by atoms with Gasteiger partial charge >= 0.3 is 0 Å². The molecule has 0 bridgehead atoms. The van der Waals surface area contributed by atoms with Crippen LogP contribution in [0.5, 0.6) is 0 Å². The summed E-state index contributed by atoms with van der Waals surface area (Å²) in [5.41, 5.74) is 5.59. The van der Waals surface area contributed by atoms with Crippen LogP contribution in [0.2, 0.25) is 0 Å². The highest BCUT2D eigenvalue weighted by Crippen LogP contribution is 2.11. The highest BCUT2D eigenvalue weighted by molar-refractivity contribution is 5.45. The van der Waals surface area contributed by atoms with Gasteiger partial charge in [0.1, 0.15) is 5.69 Å². The van der Waals surface area contributed by atoms with Crippen LogP contribution in [-0.2, 0) is 6.54 Å². The summed E-state index contributed by atoms with van der Waals surface area (Å²) >= 11 is 0. The van der Waals surface area contributed by atoms with Gasteiger partial charge in [-0.05, 0) is 6.07 Å². The second-order valence-corrected chi connectivity index (χ2v) is 2.65. The molecule has 0 aliphatic heterocycles. The van der Waals surface area contributed by atoms with Gasteiger partial charge in [-0.3, -0.25) is 4.79 Å². The minimum atomic E-state index is -0.213. The lowest BCUT2D eigenvalue weighted by Gasteiger charge is -1.90. The van der Waals surface area contributed by atoms with E-state index in [1.165, 1.54) is 6.07 Å². The molecule has 0 saturated heterocycles. The topological polar surface area (TPSA) is 97.8 Å². The molecule has 0 fully saturated rings. The van der Waals surface area contributed by atoms with Crippen molar-refractivity contribution in [2.75, 3.05) is 0 Å². The molecule has 0 aromatic carbocycles. The van der Waals surface area contributed by atoms with Crippen molar-refractivity contribution in [1.82, 2.24) is 15.1 Å². The van der Waals surface area contributed by atoms with Gasteiger partial charge in [-0.2, -0.15) is 4.98 Å². The van der Waals surface area contributed by atoms with E-state index in [0.29, 0.717) is 11.5 Å². The van der Waals surface area contributed by atoms with Gasteiger partial charge in [-0.25, -0.2) is 0 Å². The molecular weight excluding hydrogens is 184 g/mol. The molecular formula is C8H8N4O2. The lowest BCUT2D eigenvalue weighted by atomic mass is 10.3. The molecule has 72 valence electrons. The number of pyridine rings is 1. The maximum Gasteiger partial charge on any atom is 0.274 e. The van der Waals surface area contributed by atoms with Crippen molar-refractivity contribution in [2.24, 2.45) is 5.73 Å². The molecule has 14 heavy (non-hydrogen) atoms. The summed E-state index contributed by atoms with van der Waals surface area (Å²) in [6.45, 7) is 0.209. The molecule has 0 amide bonds. The smallest absolute Gasteiger partial charge is 0.274 e. The Kier molecular flexibility index (Phi) is 2.11. The highest BCUT2D eigenvalue weighted by Gasteiger charge is 2.07. The third-order valence-corrected chi connectivity index (χ3v) is 1.65. The van der Waals surface area contributed by atoms with Gasteiger partial charge < -0.3 is 15.2 Å². The number of nitrogens with one attached hydrogen (secondary N) is 1. The van der Waals surface area contributed by atoms with E-state index < -0.39 is 0 Å². The average molecular weight is 192 g/mol. The first kappa shape index (κ1) is 8.64. The zero-order valence-electron chi connectivity index (χ0n) is 7.23. The van der Waals surface area contributed by atoms with E-state index in [0.717, 1.165) is 0 Å². The number of H-pyrrole nitrogens is 1. The zero-order valence-corrected chi connectivity index (χ0v) is 7.23. The van der Waals surface area contributed by atoms with E-state index in [1.807, 2.05) is 0 Å². The number of nitrogens with two attached hydrogens (primary N) is 1. The summed E-state index contributed by atoms with van der Waals surface area (Å²) in [5.74, 6) is 0.674. The number of hydrogen-bond acceptors (Lipinski definition) is 5. The minimum Gasteiger partial charge on any atom is -0.332 e. The van der Waals surface area contributed by atoms with E-state index in [2.05, 4.69) is 15.1 Å². The van der Waals surface area contributed by atoms with Crippen LogP contribution in [0, 0.1) is 0 Å². The molecule has 0 aliphatic rings. The first-order chi connectivity index (χ1) is 6.79. The van der Waals surface area contributed by atoms with Crippen molar-refractivity contribution in [3.8, 4) is 11.6 Å². The Morgan fingerprint density at radius 1 is 1.50 bits per heavy atom. The molecule has 6 heteroatoms. The fraction of sp³-hybridized carbons (Fsp3) is 0.125. The highest BCUT2D eigenvalue weighted by atomic mass is 16.5. The second-order valence-electron chi connectivity index (χ2n) is 2.65. The number of rotatable bonds is 2. The van der Waals surface area contributed by atoms with Crippen LogP contribution in [0.4, 0.5) is 0 Å². The van der Waals surface area contributed by atoms with Crippen LogP contribution in [0.25, 0.3) is 11.6 Å². The first-order valence-electron chi connectivity index (χ1n) is 4.02. The quantitative estimate of drug-likeness (QED) is 0.691. The molecule has 3 N–H and O–H groups in total. The molecule has 0 spiro atoms. The molecule has 2 rings (SSSR count). The normalized spacial score (nSPS) is 10.4. The standard InChI is InChI=1S/C8H8N4O2/c9-4-6-11-8(14-12-6)5-2-1-3-7(13)10-5/h1-3H,4,9H2,(H,10,13). The molecule has 6 nitrogen and oxygen atoms in total. The van der Waals surface area contributed by atoms with E-state index >= 15 is 0 Å². The number of hydrogen-bond donors (Lipinski definition) is 2. The molecule has 2 aromatic rings. The largest absolute Gasteiger partial charge is 0.332 e. The third kappa shape index (κ3) is 1.55. The maximum atomic E-state index is 11.0. The monoisotopic (exact) mass is 192 g/mol. The van der Waals surface area contributed by atoms with Crippen molar-refractivity contribution in [1.29, 1.82) is 0 Å². The van der Waals surface area contributed by atoms with Gasteiger partial charge in [0, 0.05) is 6.07 Å². The van der Waals surface area contributed by atoms with E-state index in [1.54, 1.807) is 12.1 Å². The second kappa shape index (κ2) is 3.43. The predicted molar refractivity (Wildman–Crippen MR) is 48.2 cm³/mol. The van der Waals surface area contributed by atoms with Gasteiger partial charge in [0.25, 0.3) is 5.89 Å². The molecule has 2 aromatic heterocycles. The number of aromatic amines is 1. The van der Waals surface area contributed by atoms with Crippen molar-refractivity contribution in [3.63, 3.8) is 0 Å². The number of nitrogens with zero attached hydrogens (tertiary/aromatic N) is 2. The molecule has 0 atom stereocenters. The lowest BCUT2D eigenvalue weighted by Crippen LogP contribution is -2.03. The van der Waals surface area contributed by atoms with E-state index in [-0.39, 0.29) is 18.0 Å². The first-order valence-corrected chi connectivity index (χ1v) is 4.02. The van der Waals surface area contributed by atoms with Gasteiger partial charge in [-0.1, -0.05) is 11.2 Å². The Hall–Kier alpha value is -1.95. The van der Waals surface area contributed by atoms with Crippen LogP contribution in [0.15, 0.2) is 27.5 Å². The van der Waals surface area contributed by atoms with Gasteiger partial charge in [-0.15, -0.1) is 0 Å². The van der Waals surface area contributed by atoms with Crippen molar-refractivity contribution >= 4 is 0 Å². The molecule has 0 saturated carbocycles. The van der Waals surface area contributed by atoms with Crippen LogP contribution < -0.4 is 11.3 Å². The molecule has 0 unspecified atom stereocenters. The zero-order chi connectivity index (χ0) is 9.97. The minimum absolute atomic E-state index is 0.209. The Morgan fingerprint density at radius 2 is 2.36 bits per heavy atom. The maximum absolute atomic E-state index is 11.0. The fourth-order valence-electron chi connectivity index (χ4n) is 1.02. The van der Waals surface area contributed by atoms with Crippen LogP contribution in [0.3, 0.4) is 0 Å². The van der Waals surface area contributed by atoms with Crippen LogP contribution in [0.1, 0.15) is 5.82 Å². The van der Waals surface area contributed by atoms with E-state index in [4.69, 9.17) is 10.3 Å². The van der Waals surface area contributed by atoms with Gasteiger partial charge in [0.2, 0.25) is 5.56 Å². The van der Waals surface area contributed by atoms with Crippen molar-refractivity contribution in [3.05, 3.63) is 34.4 Å². The predicted octanol–water partition coefficient (Wildman–Crippen LogP) is -0.116. The molecule has 0 radical (unpaired) electrons. The van der Waals surface area contributed by atoms with Crippen LogP contribution in [-0.4, -0.2) is 15.1 Å². The SMILES string of the molecule is NCc1noc(-c2cccc(=O)[nH]2)n1. The summed E-state index contributed by atoms with van der Waals surface area (Å²) in [6, 6.07) is 4.69. The van der Waals surface area contributed by atoms with Crippen LogP contribution >= 0.6 is 0 Å². The Bertz CT molecular complexity index is 488. The molecule has 2 heterocycles. The lowest BCUT2D eigenvalue weighted by molar-refractivity contribution is 0.421.